The molecule has 1 aliphatic heterocycles. The fourth-order valence-corrected chi connectivity index (χ4v) is 3.28. The summed E-state index contributed by atoms with van der Waals surface area (Å²) in [4.78, 5) is 8.95. The quantitative estimate of drug-likeness (QED) is 0.691. The number of fused-ring (bicyclic) bond motifs is 1. The molecule has 3 heteroatoms. The highest BCUT2D eigenvalue weighted by Crippen LogP contribution is 2.57. The summed E-state index contributed by atoms with van der Waals surface area (Å²) >= 11 is 0. The zero-order chi connectivity index (χ0) is 12.9. The standard InChI is InChI=1S/C14H22N2O/c1-12(2,3)14(13(4,5)6)11-10(9-17-14)15-7-8-16-11/h7-8H,9H2,1-6H3. The lowest BCUT2D eigenvalue weighted by atomic mass is 9.61. The van der Waals surface area contributed by atoms with Crippen molar-refractivity contribution in [2.45, 2.75) is 53.8 Å². The Kier molecular flexibility index (Phi) is 2.58. The van der Waals surface area contributed by atoms with E-state index in [0.717, 1.165) is 11.4 Å². The van der Waals surface area contributed by atoms with Gasteiger partial charge in [-0.25, -0.2) is 0 Å². The van der Waals surface area contributed by atoms with Gasteiger partial charge in [-0.05, 0) is 10.8 Å². The largest absolute Gasteiger partial charge is 0.361 e. The maximum Gasteiger partial charge on any atom is 0.122 e. The molecule has 0 unspecified atom stereocenters. The average Bonchev–Trinajstić information content (AvgIpc) is 2.55. The molecule has 2 heterocycles. The summed E-state index contributed by atoms with van der Waals surface area (Å²) in [6, 6.07) is 0. The van der Waals surface area contributed by atoms with Gasteiger partial charge < -0.3 is 4.74 Å². The van der Waals surface area contributed by atoms with Crippen LogP contribution >= 0.6 is 0 Å². The Bertz CT molecular complexity index is 413. The maximum absolute atomic E-state index is 6.21. The van der Waals surface area contributed by atoms with E-state index in [9.17, 15) is 0 Å². The predicted octanol–water partition coefficient (Wildman–Crippen LogP) is 3.29. The van der Waals surface area contributed by atoms with Crippen LogP contribution in [0.4, 0.5) is 0 Å². The number of nitrogens with zero attached hydrogens (tertiary/aromatic N) is 2. The molecule has 0 fully saturated rings. The van der Waals surface area contributed by atoms with E-state index in [1.165, 1.54) is 0 Å². The number of ether oxygens (including phenoxy) is 1. The highest BCUT2D eigenvalue weighted by molar-refractivity contribution is 5.28. The van der Waals surface area contributed by atoms with Gasteiger partial charge in [-0.15, -0.1) is 0 Å². The molecule has 1 aromatic rings. The van der Waals surface area contributed by atoms with Gasteiger partial charge in [-0.2, -0.15) is 0 Å². The van der Waals surface area contributed by atoms with Crippen LogP contribution < -0.4 is 0 Å². The number of hydrogen-bond donors (Lipinski definition) is 0. The second kappa shape index (κ2) is 3.52. The van der Waals surface area contributed by atoms with E-state index in [4.69, 9.17) is 4.74 Å². The summed E-state index contributed by atoms with van der Waals surface area (Å²) in [7, 11) is 0. The van der Waals surface area contributed by atoms with Crippen molar-refractivity contribution >= 4 is 0 Å². The molecule has 1 aliphatic rings. The van der Waals surface area contributed by atoms with Gasteiger partial charge in [0, 0.05) is 12.4 Å². The molecule has 0 aliphatic carbocycles. The summed E-state index contributed by atoms with van der Waals surface area (Å²) in [6.07, 6.45) is 3.50. The van der Waals surface area contributed by atoms with E-state index in [2.05, 4.69) is 51.5 Å². The molecule has 0 aromatic carbocycles. The van der Waals surface area contributed by atoms with Crippen molar-refractivity contribution in [2.24, 2.45) is 10.8 Å². The topological polar surface area (TPSA) is 35.0 Å². The van der Waals surface area contributed by atoms with E-state index in [1.54, 1.807) is 12.4 Å². The van der Waals surface area contributed by atoms with Crippen LogP contribution in [-0.2, 0) is 16.9 Å². The number of rotatable bonds is 0. The summed E-state index contributed by atoms with van der Waals surface area (Å²) in [5.74, 6) is 0. The third-order valence-corrected chi connectivity index (χ3v) is 3.65. The molecular weight excluding hydrogens is 212 g/mol. The molecule has 0 saturated carbocycles. The van der Waals surface area contributed by atoms with Crippen LogP contribution in [0.15, 0.2) is 12.4 Å². The van der Waals surface area contributed by atoms with Crippen LogP contribution in [-0.4, -0.2) is 9.97 Å². The van der Waals surface area contributed by atoms with Crippen LogP contribution in [0, 0.1) is 10.8 Å². The van der Waals surface area contributed by atoms with Gasteiger partial charge in [0.25, 0.3) is 0 Å². The molecule has 94 valence electrons. The smallest absolute Gasteiger partial charge is 0.122 e. The summed E-state index contributed by atoms with van der Waals surface area (Å²) in [6.45, 7) is 13.8. The highest BCUT2D eigenvalue weighted by Gasteiger charge is 2.58. The molecule has 0 atom stereocenters. The first-order valence-electron chi connectivity index (χ1n) is 6.14. The van der Waals surface area contributed by atoms with E-state index in [1.807, 2.05) is 0 Å². The predicted molar refractivity (Wildman–Crippen MR) is 67.4 cm³/mol. The third kappa shape index (κ3) is 1.60. The molecule has 0 N–H and O–H groups in total. The summed E-state index contributed by atoms with van der Waals surface area (Å²) < 4.78 is 6.21. The molecular formula is C14H22N2O. The summed E-state index contributed by atoms with van der Waals surface area (Å²) in [5, 5.41) is 0. The third-order valence-electron chi connectivity index (χ3n) is 3.65. The Morgan fingerprint density at radius 3 is 2.06 bits per heavy atom. The zero-order valence-corrected chi connectivity index (χ0v) is 11.7. The second-order valence-corrected chi connectivity index (χ2v) is 6.82. The lowest BCUT2D eigenvalue weighted by Crippen LogP contribution is -2.50. The van der Waals surface area contributed by atoms with Crippen LogP contribution in [0.2, 0.25) is 0 Å². The van der Waals surface area contributed by atoms with Crippen molar-refractivity contribution in [1.29, 1.82) is 0 Å². The molecule has 0 amide bonds. The fraction of sp³-hybridized carbons (Fsp3) is 0.714. The minimum Gasteiger partial charge on any atom is -0.361 e. The van der Waals surface area contributed by atoms with Gasteiger partial charge in [-0.3, -0.25) is 9.97 Å². The van der Waals surface area contributed by atoms with Crippen molar-refractivity contribution in [1.82, 2.24) is 9.97 Å². The fourth-order valence-electron chi connectivity index (χ4n) is 3.28. The van der Waals surface area contributed by atoms with Crippen LogP contribution in [0.3, 0.4) is 0 Å². The van der Waals surface area contributed by atoms with Gasteiger partial charge >= 0.3 is 0 Å². The monoisotopic (exact) mass is 234 g/mol. The van der Waals surface area contributed by atoms with E-state index in [0.29, 0.717) is 6.61 Å². The van der Waals surface area contributed by atoms with Gasteiger partial charge in [0.05, 0.1) is 18.0 Å². The first-order valence-corrected chi connectivity index (χ1v) is 6.14. The Morgan fingerprint density at radius 1 is 1.00 bits per heavy atom. The molecule has 3 nitrogen and oxygen atoms in total. The van der Waals surface area contributed by atoms with Crippen LogP contribution in [0.5, 0.6) is 0 Å². The van der Waals surface area contributed by atoms with Crippen molar-refractivity contribution < 1.29 is 4.74 Å². The Labute approximate surface area is 104 Å². The molecule has 0 saturated heterocycles. The average molecular weight is 234 g/mol. The summed E-state index contributed by atoms with van der Waals surface area (Å²) in [5.41, 5.74) is 1.58. The Hall–Kier alpha value is -0.960. The first kappa shape index (κ1) is 12.5. The van der Waals surface area contributed by atoms with Crippen molar-refractivity contribution in [3.63, 3.8) is 0 Å². The van der Waals surface area contributed by atoms with Gasteiger partial charge in [0.2, 0.25) is 0 Å². The zero-order valence-electron chi connectivity index (χ0n) is 11.7. The lowest BCUT2D eigenvalue weighted by Gasteiger charge is -2.49. The lowest BCUT2D eigenvalue weighted by molar-refractivity contribution is -0.182. The highest BCUT2D eigenvalue weighted by atomic mass is 16.5. The molecule has 17 heavy (non-hydrogen) atoms. The minimum atomic E-state index is -0.371. The van der Waals surface area contributed by atoms with E-state index in [-0.39, 0.29) is 16.4 Å². The second-order valence-electron chi connectivity index (χ2n) is 6.82. The van der Waals surface area contributed by atoms with E-state index >= 15 is 0 Å². The molecule has 0 bridgehead atoms. The van der Waals surface area contributed by atoms with Crippen molar-refractivity contribution in [3.8, 4) is 0 Å². The van der Waals surface area contributed by atoms with Gasteiger partial charge in [-0.1, -0.05) is 41.5 Å². The minimum absolute atomic E-state index is 0.0213. The Balaban J connectivity index is 2.68. The number of aromatic nitrogens is 2. The van der Waals surface area contributed by atoms with Crippen molar-refractivity contribution in [3.05, 3.63) is 23.8 Å². The van der Waals surface area contributed by atoms with Gasteiger partial charge in [0.15, 0.2) is 0 Å². The van der Waals surface area contributed by atoms with Crippen LogP contribution in [0.25, 0.3) is 0 Å². The molecule has 0 spiro atoms. The normalized spacial score (nSPS) is 19.2. The van der Waals surface area contributed by atoms with Crippen LogP contribution in [0.1, 0.15) is 52.9 Å². The Morgan fingerprint density at radius 2 is 1.53 bits per heavy atom. The van der Waals surface area contributed by atoms with E-state index < -0.39 is 0 Å². The maximum atomic E-state index is 6.21. The first-order chi connectivity index (χ1) is 7.70. The SMILES string of the molecule is CC(C)(C)C1(C(C)(C)C)OCc2nccnc21. The molecule has 0 radical (unpaired) electrons. The van der Waals surface area contributed by atoms with Crippen molar-refractivity contribution in [2.75, 3.05) is 0 Å². The molecule has 2 rings (SSSR count). The number of hydrogen-bond acceptors (Lipinski definition) is 3. The van der Waals surface area contributed by atoms with Gasteiger partial charge in [0.1, 0.15) is 5.60 Å². The molecule has 1 aromatic heterocycles.